The van der Waals surface area contributed by atoms with E-state index in [0.717, 1.165) is 46.8 Å². The third-order valence-corrected chi connectivity index (χ3v) is 5.24. The van der Waals surface area contributed by atoms with E-state index in [9.17, 15) is 4.79 Å². The van der Waals surface area contributed by atoms with Crippen molar-refractivity contribution in [3.8, 4) is 0 Å². The van der Waals surface area contributed by atoms with Gasteiger partial charge in [0.15, 0.2) is 0 Å². The maximum atomic E-state index is 12.5. The van der Waals surface area contributed by atoms with Crippen LogP contribution in [0, 0.1) is 9.49 Å². The highest BCUT2D eigenvalue weighted by Gasteiger charge is 2.25. The SMILES string of the molecule is O=C(Nc1ccc(I)cc1)C1CCCN(Cc2cccc(Cl)c2)C1. The molecule has 0 radical (unpaired) electrons. The first-order valence-electron chi connectivity index (χ1n) is 8.13. The van der Waals surface area contributed by atoms with Crippen LogP contribution in [0.1, 0.15) is 18.4 Å². The molecule has 2 aromatic carbocycles. The van der Waals surface area contributed by atoms with Crippen molar-refractivity contribution in [2.45, 2.75) is 19.4 Å². The highest BCUT2D eigenvalue weighted by molar-refractivity contribution is 14.1. The van der Waals surface area contributed by atoms with Crippen molar-refractivity contribution in [1.29, 1.82) is 0 Å². The Morgan fingerprint density at radius 3 is 2.79 bits per heavy atom. The molecule has 0 saturated carbocycles. The summed E-state index contributed by atoms with van der Waals surface area (Å²) in [6.45, 7) is 2.66. The van der Waals surface area contributed by atoms with Gasteiger partial charge in [0.25, 0.3) is 0 Å². The fourth-order valence-electron chi connectivity index (χ4n) is 3.08. The zero-order chi connectivity index (χ0) is 16.9. The number of rotatable bonds is 4. The lowest BCUT2D eigenvalue weighted by Gasteiger charge is -2.32. The van der Waals surface area contributed by atoms with E-state index in [4.69, 9.17) is 11.6 Å². The van der Waals surface area contributed by atoms with E-state index in [1.165, 1.54) is 5.56 Å². The van der Waals surface area contributed by atoms with Crippen LogP contribution in [0.4, 0.5) is 5.69 Å². The van der Waals surface area contributed by atoms with Gasteiger partial charge >= 0.3 is 0 Å². The van der Waals surface area contributed by atoms with Crippen LogP contribution in [0.2, 0.25) is 5.02 Å². The fourth-order valence-corrected chi connectivity index (χ4v) is 3.66. The van der Waals surface area contributed by atoms with Crippen molar-refractivity contribution in [2.24, 2.45) is 5.92 Å². The maximum absolute atomic E-state index is 12.5. The van der Waals surface area contributed by atoms with Crippen LogP contribution in [0.15, 0.2) is 48.5 Å². The van der Waals surface area contributed by atoms with Gasteiger partial charge in [0.2, 0.25) is 5.91 Å². The molecule has 3 rings (SSSR count). The molecule has 0 spiro atoms. The Balaban J connectivity index is 1.58. The smallest absolute Gasteiger partial charge is 0.228 e. The highest BCUT2D eigenvalue weighted by Crippen LogP contribution is 2.21. The number of hydrogen-bond donors (Lipinski definition) is 1. The highest BCUT2D eigenvalue weighted by atomic mass is 127. The van der Waals surface area contributed by atoms with Gasteiger partial charge in [0, 0.05) is 27.4 Å². The standard InChI is InChI=1S/C19H20ClIN2O/c20-16-5-1-3-14(11-16)12-23-10-2-4-15(13-23)19(24)22-18-8-6-17(21)7-9-18/h1,3,5-9,11,15H,2,4,10,12-13H2,(H,22,24). The summed E-state index contributed by atoms with van der Waals surface area (Å²) in [5, 5.41) is 3.80. The van der Waals surface area contributed by atoms with Gasteiger partial charge in [0.05, 0.1) is 5.92 Å². The molecule has 24 heavy (non-hydrogen) atoms. The second-order valence-corrected chi connectivity index (χ2v) is 7.88. The predicted octanol–water partition coefficient (Wildman–Crippen LogP) is 4.80. The summed E-state index contributed by atoms with van der Waals surface area (Å²) in [6.07, 6.45) is 1.99. The van der Waals surface area contributed by atoms with Crippen LogP contribution in [0.3, 0.4) is 0 Å². The predicted molar refractivity (Wildman–Crippen MR) is 107 cm³/mol. The number of anilines is 1. The molecule has 1 fully saturated rings. The number of piperidine rings is 1. The van der Waals surface area contributed by atoms with E-state index in [0.29, 0.717) is 0 Å². The number of halogens is 2. The Morgan fingerprint density at radius 1 is 1.25 bits per heavy atom. The van der Waals surface area contributed by atoms with Gasteiger partial charge in [-0.2, -0.15) is 0 Å². The Morgan fingerprint density at radius 2 is 2.04 bits per heavy atom. The molecule has 126 valence electrons. The monoisotopic (exact) mass is 454 g/mol. The second kappa shape index (κ2) is 8.32. The van der Waals surface area contributed by atoms with Crippen molar-refractivity contribution in [2.75, 3.05) is 18.4 Å². The number of benzene rings is 2. The van der Waals surface area contributed by atoms with Crippen molar-refractivity contribution in [1.82, 2.24) is 4.90 Å². The van der Waals surface area contributed by atoms with E-state index in [2.05, 4.69) is 38.9 Å². The van der Waals surface area contributed by atoms with Gasteiger partial charge in [-0.15, -0.1) is 0 Å². The number of hydrogen-bond acceptors (Lipinski definition) is 2. The molecule has 1 N–H and O–H groups in total. The largest absolute Gasteiger partial charge is 0.326 e. The average molecular weight is 455 g/mol. The fraction of sp³-hybridized carbons (Fsp3) is 0.316. The maximum Gasteiger partial charge on any atom is 0.228 e. The van der Waals surface area contributed by atoms with E-state index in [-0.39, 0.29) is 11.8 Å². The molecule has 0 aromatic heterocycles. The molecule has 3 nitrogen and oxygen atoms in total. The van der Waals surface area contributed by atoms with Crippen molar-refractivity contribution in [3.05, 3.63) is 62.7 Å². The summed E-state index contributed by atoms with van der Waals surface area (Å²) in [5.41, 5.74) is 2.06. The molecule has 5 heteroatoms. The Labute approximate surface area is 161 Å². The number of nitrogens with one attached hydrogen (secondary N) is 1. The minimum absolute atomic E-state index is 0.0391. The molecule has 1 unspecified atom stereocenters. The zero-order valence-corrected chi connectivity index (χ0v) is 16.3. The lowest BCUT2D eigenvalue weighted by Crippen LogP contribution is -2.40. The van der Waals surface area contributed by atoms with Gasteiger partial charge in [-0.05, 0) is 83.9 Å². The van der Waals surface area contributed by atoms with Crippen LogP contribution < -0.4 is 5.32 Å². The minimum atomic E-state index is 0.0391. The first-order valence-corrected chi connectivity index (χ1v) is 9.59. The number of nitrogens with zero attached hydrogens (tertiary/aromatic N) is 1. The van der Waals surface area contributed by atoms with Crippen LogP contribution >= 0.6 is 34.2 Å². The molecule has 1 aliphatic heterocycles. The van der Waals surface area contributed by atoms with Crippen LogP contribution in [-0.2, 0) is 11.3 Å². The first-order chi connectivity index (χ1) is 11.6. The van der Waals surface area contributed by atoms with Crippen molar-refractivity contribution >= 4 is 45.8 Å². The lowest BCUT2D eigenvalue weighted by molar-refractivity contribution is -0.121. The van der Waals surface area contributed by atoms with Crippen LogP contribution in [0.25, 0.3) is 0 Å². The first kappa shape index (κ1) is 17.7. The molecule has 1 heterocycles. The quantitative estimate of drug-likeness (QED) is 0.674. The Bertz CT molecular complexity index is 705. The second-order valence-electron chi connectivity index (χ2n) is 6.20. The third kappa shape index (κ3) is 4.94. The number of likely N-dealkylation sites (tertiary alicyclic amines) is 1. The zero-order valence-electron chi connectivity index (χ0n) is 13.3. The van der Waals surface area contributed by atoms with Gasteiger partial charge in [-0.1, -0.05) is 23.7 Å². The van der Waals surface area contributed by atoms with Gasteiger partial charge in [-0.25, -0.2) is 0 Å². The molecule has 0 aliphatic carbocycles. The summed E-state index contributed by atoms with van der Waals surface area (Å²) in [6, 6.07) is 15.8. The van der Waals surface area contributed by atoms with Gasteiger partial charge in [0.1, 0.15) is 0 Å². The summed E-state index contributed by atoms with van der Waals surface area (Å²) >= 11 is 8.32. The molecule has 2 aromatic rings. The molecule has 1 atom stereocenters. The normalized spacial score (nSPS) is 18.3. The average Bonchev–Trinajstić information content (AvgIpc) is 2.57. The molecule has 0 bridgehead atoms. The molecule has 1 aliphatic rings. The van der Waals surface area contributed by atoms with Crippen LogP contribution in [0.5, 0.6) is 0 Å². The summed E-state index contributed by atoms with van der Waals surface area (Å²) < 4.78 is 1.16. The van der Waals surface area contributed by atoms with E-state index in [1.807, 2.05) is 42.5 Å². The number of carbonyl (C=O) groups is 1. The van der Waals surface area contributed by atoms with Crippen molar-refractivity contribution < 1.29 is 4.79 Å². The van der Waals surface area contributed by atoms with E-state index < -0.39 is 0 Å². The third-order valence-electron chi connectivity index (χ3n) is 4.28. The molecular weight excluding hydrogens is 435 g/mol. The Hall–Kier alpha value is -1.11. The van der Waals surface area contributed by atoms with Crippen molar-refractivity contribution in [3.63, 3.8) is 0 Å². The number of amides is 1. The van der Waals surface area contributed by atoms with Gasteiger partial charge < -0.3 is 5.32 Å². The number of carbonyl (C=O) groups excluding carboxylic acids is 1. The van der Waals surface area contributed by atoms with Gasteiger partial charge in [-0.3, -0.25) is 9.69 Å². The minimum Gasteiger partial charge on any atom is -0.326 e. The molecule has 1 amide bonds. The topological polar surface area (TPSA) is 32.3 Å². The Kier molecular flexibility index (Phi) is 6.14. The van der Waals surface area contributed by atoms with E-state index >= 15 is 0 Å². The van der Waals surface area contributed by atoms with E-state index in [1.54, 1.807) is 0 Å². The molecule has 1 saturated heterocycles. The summed E-state index contributed by atoms with van der Waals surface area (Å²) in [7, 11) is 0. The lowest BCUT2D eigenvalue weighted by atomic mass is 9.96. The van der Waals surface area contributed by atoms with Crippen LogP contribution in [-0.4, -0.2) is 23.9 Å². The molecular formula is C19H20ClIN2O. The summed E-state index contributed by atoms with van der Waals surface area (Å²) in [4.78, 5) is 14.9. The summed E-state index contributed by atoms with van der Waals surface area (Å²) in [5.74, 6) is 0.157.